The van der Waals surface area contributed by atoms with Gasteiger partial charge in [0.25, 0.3) is 0 Å². The van der Waals surface area contributed by atoms with E-state index in [2.05, 4.69) is 49.1 Å². The summed E-state index contributed by atoms with van der Waals surface area (Å²) < 4.78 is 1.89. The van der Waals surface area contributed by atoms with Gasteiger partial charge in [-0.15, -0.1) is 0 Å². The van der Waals surface area contributed by atoms with Gasteiger partial charge in [-0.3, -0.25) is 0 Å². The molecule has 0 amide bonds. The standard InChI is InChI=1S/C14H15N3S/c1-4-13-16-17-8-12(15-14(17)18-13)11-7-9(2)5-6-10(11)3/h5-8H,4H2,1-3H3. The average Bonchev–Trinajstić information content (AvgIpc) is 2.89. The fourth-order valence-corrected chi connectivity index (χ4v) is 2.84. The third-order valence-electron chi connectivity index (χ3n) is 3.06. The summed E-state index contributed by atoms with van der Waals surface area (Å²) in [5.74, 6) is 0. The topological polar surface area (TPSA) is 30.2 Å². The van der Waals surface area contributed by atoms with Crippen LogP contribution in [0.3, 0.4) is 0 Å². The SMILES string of the molecule is CCc1nn2cc(-c3cc(C)ccc3C)nc2s1. The van der Waals surface area contributed by atoms with Crippen LogP contribution in [0.1, 0.15) is 23.1 Å². The number of imidazole rings is 1. The van der Waals surface area contributed by atoms with E-state index < -0.39 is 0 Å². The van der Waals surface area contributed by atoms with E-state index in [1.54, 1.807) is 11.3 Å². The predicted molar refractivity (Wildman–Crippen MR) is 75.2 cm³/mol. The number of aryl methyl sites for hydroxylation is 3. The van der Waals surface area contributed by atoms with Gasteiger partial charge in [0, 0.05) is 5.56 Å². The highest BCUT2D eigenvalue weighted by Crippen LogP contribution is 2.25. The predicted octanol–water partition coefficient (Wildman–Crippen LogP) is 3.64. The van der Waals surface area contributed by atoms with Crippen LogP contribution in [0.5, 0.6) is 0 Å². The van der Waals surface area contributed by atoms with Gasteiger partial charge in [-0.25, -0.2) is 9.50 Å². The molecule has 0 radical (unpaired) electrons. The highest BCUT2D eigenvalue weighted by molar-refractivity contribution is 7.16. The molecule has 0 aliphatic heterocycles. The molecule has 92 valence electrons. The van der Waals surface area contributed by atoms with Crippen molar-refractivity contribution in [3.63, 3.8) is 0 Å². The Morgan fingerprint density at radius 1 is 1.28 bits per heavy atom. The van der Waals surface area contributed by atoms with E-state index in [9.17, 15) is 0 Å². The first kappa shape index (κ1) is 11.4. The number of rotatable bonds is 2. The van der Waals surface area contributed by atoms with E-state index in [-0.39, 0.29) is 0 Å². The zero-order valence-electron chi connectivity index (χ0n) is 10.8. The molecule has 0 unspecified atom stereocenters. The molecule has 0 aliphatic carbocycles. The minimum absolute atomic E-state index is 0.965. The van der Waals surface area contributed by atoms with Crippen molar-refractivity contribution in [3.8, 4) is 11.3 Å². The van der Waals surface area contributed by atoms with Gasteiger partial charge in [-0.2, -0.15) is 5.10 Å². The molecule has 0 N–H and O–H groups in total. The monoisotopic (exact) mass is 257 g/mol. The maximum Gasteiger partial charge on any atom is 0.212 e. The van der Waals surface area contributed by atoms with Crippen LogP contribution in [-0.2, 0) is 6.42 Å². The third kappa shape index (κ3) is 1.82. The smallest absolute Gasteiger partial charge is 0.212 e. The van der Waals surface area contributed by atoms with Gasteiger partial charge in [-0.1, -0.05) is 36.0 Å². The molecular weight excluding hydrogens is 242 g/mol. The lowest BCUT2D eigenvalue weighted by molar-refractivity contribution is 0.910. The largest absolute Gasteiger partial charge is 0.217 e. The molecule has 0 atom stereocenters. The molecular formula is C14H15N3S. The minimum atomic E-state index is 0.965. The van der Waals surface area contributed by atoms with Gasteiger partial charge in [0.15, 0.2) is 0 Å². The number of fused-ring (bicyclic) bond motifs is 1. The summed E-state index contributed by atoms with van der Waals surface area (Å²) in [4.78, 5) is 5.65. The minimum Gasteiger partial charge on any atom is -0.217 e. The number of nitrogens with zero attached hydrogens (tertiary/aromatic N) is 3. The first-order chi connectivity index (χ1) is 8.67. The van der Waals surface area contributed by atoms with Crippen molar-refractivity contribution in [2.45, 2.75) is 27.2 Å². The van der Waals surface area contributed by atoms with Crippen molar-refractivity contribution in [2.24, 2.45) is 0 Å². The molecule has 0 fully saturated rings. The Balaban J connectivity index is 2.13. The van der Waals surface area contributed by atoms with Crippen molar-refractivity contribution in [2.75, 3.05) is 0 Å². The summed E-state index contributed by atoms with van der Waals surface area (Å²) in [6, 6.07) is 6.45. The van der Waals surface area contributed by atoms with E-state index in [4.69, 9.17) is 0 Å². The highest BCUT2D eigenvalue weighted by atomic mass is 32.1. The molecule has 3 nitrogen and oxygen atoms in total. The Morgan fingerprint density at radius 2 is 2.11 bits per heavy atom. The lowest BCUT2D eigenvalue weighted by Gasteiger charge is -2.03. The molecule has 2 heterocycles. The molecule has 0 saturated carbocycles. The average molecular weight is 257 g/mol. The maximum absolute atomic E-state index is 4.67. The van der Waals surface area contributed by atoms with Crippen LogP contribution in [0.15, 0.2) is 24.4 Å². The van der Waals surface area contributed by atoms with Gasteiger partial charge in [0.05, 0.1) is 11.9 Å². The molecule has 3 aromatic rings. The van der Waals surface area contributed by atoms with Gasteiger partial charge in [0.1, 0.15) is 5.01 Å². The van der Waals surface area contributed by atoms with Crippen molar-refractivity contribution in [1.29, 1.82) is 0 Å². The van der Waals surface area contributed by atoms with Crippen LogP contribution in [0.4, 0.5) is 0 Å². The second-order valence-electron chi connectivity index (χ2n) is 4.52. The molecule has 0 spiro atoms. The third-order valence-corrected chi connectivity index (χ3v) is 4.12. The van der Waals surface area contributed by atoms with E-state index in [1.165, 1.54) is 16.7 Å². The molecule has 0 bridgehead atoms. The van der Waals surface area contributed by atoms with Crippen molar-refractivity contribution < 1.29 is 0 Å². The molecule has 3 rings (SSSR count). The number of hydrogen-bond acceptors (Lipinski definition) is 3. The van der Waals surface area contributed by atoms with E-state index in [1.807, 2.05) is 10.7 Å². The first-order valence-corrected chi connectivity index (χ1v) is 6.91. The van der Waals surface area contributed by atoms with Crippen molar-refractivity contribution in [1.82, 2.24) is 14.6 Å². The van der Waals surface area contributed by atoms with Crippen LogP contribution in [0.2, 0.25) is 0 Å². The number of hydrogen-bond donors (Lipinski definition) is 0. The summed E-state index contributed by atoms with van der Waals surface area (Å²) >= 11 is 1.66. The van der Waals surface area contributed by atoms with Crippen LogP contribution in [0.25, 0.3) is 16.2 Å². The molecule has 1 aromatic carbocycles. The Hall–Kier alpha value is -1.68. The Labute approximate surface area is 110 Å². The van der Waals surface area contributed by atoms with Gasteiger partial charge >= 0.3 is 0 Å². The van der Waals surface area contributed by atoms with Gasteiger partial charge in [0.2, 0.25) is 4.96 Å². The van der Waals surface area contributed by atoms with Crippen LogP contribution in [-0.4, -0.2) is 14.6 Å². The summed E-state index contributed by atoms with van der Waals surface area (Å²) in [6.45, 7) is 6.34. The summed E-state index contributed by atoms with van der Waals surface area (Å²) in [7, 11) is 0. The number of aromatic nitrogens is 3. The van der Waals surface area contributed by atoms with E-state index in [0.717, 1.165) is 22.1 Å². The fraction of sp³-hybridized carbons (Fsp3) is 0.286. The van der Waals surface area contributed by atoms with Crippen molar-refractivity contribution in [3.05, 3.63) is 40.5 Å². The highest BCUT2D eigenvalue weighted by Gasteiger charge is 2.10. The normalized spacial score (nSPS) is 11.3. The maximum atomic E-state index is 4.67. The second kappa shape index (κ2) is 4.21. The first-order valence-electron chi connectivity index (χ1n) is 6.10. The lowest BCUT2D eigenvalue weighted by atomic mass is 10.0. The van der Waals surface area contributed by atoms with E-state index >= 15 is 0 Å². The van der Waals surface area contributed by atoms with Crippen molar-refractivity contribution >= 4 is 16.3 Å². The van der Waals surface area contributed by atoms with Gasteiger partial charge in [-0.05, 0) is 31.9 Å². The second-order valence-corrected chi connectivity index (χ2v) is 5.56. The van der Waals surface area contributed by atoms with Crippen LogP contribution < -0.4 is 0 Å². The summed E-state index contributed by atoms with van der Waals surface area (Å²) in [5.41, 5.74) is 4.72. The zero-order valence-corrected chi connectivity index (χ0v) is 11.6. The Bertz CT molecular complexity index is 677. The number of benzene rings is 1. The molecule has 4 heteroatoms. The molecule has 2 aromatic heterocycles. The van der Waals surface area contributed by atoms with E-state index in [0.29, 0.717) is 0 Å². The summed E-state index contributed by atoms with van der Waals surface area (Å²) in [5, 5.41) is 5.63. The zero-order chi connectivity index (χ0) is 12.7. The summed E-state index contributed by atoms with van der Waals surface area (Å²) in [6.07, 6.45) is 2.99. The Morgan fingerprint density at radius 3 is 2.83 bits per heavy atom. The Kier molecular flexibility index (Phi) is 2.67. The van der Waals surface area contributed by atoms with Gasteiger partial charge < -0.3 is 0 Å². The lowest BCUT2D eigenvalue weighted by Crippen LogP contribution is -1.86. The quantitative estimate of drug-likeness (QED) is 0.701. The fourth-order valence-electron chi connectivity index (χ4n) is 2.03. The molecule has 0 aliphatic rings. The van der Waals surface area contributed by atoms with Crippen LogP contribution in [0, 0.1) is 13.8 Å². The molecule has 18 heavy (non-hydrogen) atoms. The molecule has 0 saturated heterocycles. The van der Waals surface area contributed by atoms with Crippen LogP contribution >= 0.6 is 11.3 Å².